The molecule has 2 aromatic carbocycles. The number of hydrogen-bond donors (Lipinski definition) is 1. The molecule has 32 heavy (non-hydrogen) atoms. The van der Waals surface area contributed by atoms with Gasteiger partial charge < -0.3 is 14.6 Å². The monoisotopic (exact) mass is 432 g/mol. The van der Waals surface area contributed by atoms with E-state index in [9.17, 15) is 4.79 Å². The van der Waals surface area contributed by atoms with Crippen LogP contribution in [0.15, 0.2) is 65.3 Å². The number of carbonyl (C=O) groups is 1. The normalized spacial score (nSPS) is 15.5. The van der Waals surface area contributed by atoms with Crippen molar-refractivity contribution in [3.63, 3.8) is 0 Å². The van der Waals surface area contributed by atoms with Gasteiger partial charge >= 0.3 is 0 Å². The van der Waals surface area contributed by atoms with Crippen LogP contribution in [0.4, 0.5) is 5.69 Å². The van der Waals surface area contributed by atoms with E-state index in [-0.39, 0.29) is 18.4 Å². The third-order valence-corrected chi connectivity index (χ3v) is 5.94. The number of anilines is 1. The molecule has 0 saturated carbocycles. The highest BCUT2D eigenvalue weighted by atomic mass is 16.3. The first-order valence-corrected chi connectivity index (χ1v) is 11.4. The Balaban J connectivity index is 1.17. The summed E-state index contributed by atoms with van der Waals surface area (Å²) in [5, 5.41) is 3.10. The third kappa shape index (κ3) is 5.98. The van der Waals surface area contributed by atoms with Crippen LogP contribution in [0.2, 0.25) is 0 Å². The number of carbonyl (C=O) groups excluding carboxylic acids is 1. The van der Waals surface area contributed by atoms with E-state index in [0.717, 1.165) is 44.7 Å². The lowest BCUT2D eigenvalue weighted by Gasteiger charge is -2.36. The summed E-state index contributed by atoms with van der Waals surface area (Å²) < 4.78 is 5.53. The second-order valence-electron chi connectivity index (χ2n) is 8.61. The Bertz CT molecular complexity index is 1010. The summed E-state index contributed by atoms with van der Waals surface area (Å²) in [7, 11) is 0. The van der Waals surface area contributed by atoms with Crippen molar-refractivity contribution in [1.82, 2.24) is 15.2 Å². The highest BCUT2D eigenvalue weighted by molar-refractivity contribution is 5.78. The van der Waals surface area contributed by atoms with Crippen molar-refractivity contribution >= 4 is 11.6 Å². The molecule has 1 saturated heterocycles. The molecule has 1 N–H and O–H groups in total. The summed E-state index contributed by atoms with van der Waals surface area (Å²) in [4.78, 5) is 21.8. The van der Waals surface area contributed by atoms with Gasteiger partial charge in [0.15, 0.2) is 0 Å². The summed E-state index contributed by atoms with van der Waals surface area (Å²) in [6, 6.07) is 18.6. The molecule has 1 fully saturated rings. The lowest BCUT2D eigenvalue weighted by Crippen LogP contribution is -2.47. The standard InChI is InChI=1S/C26H32N4O2/c1-20-7-6-10-24(17-20)30-15-13-29(14-16-30)12-11-21(2)27-25(31)18-23-19-32-26(28-23)22-8-4-3-5-9-22/h3-10,17,19,21H,11-16,18H2,1-2H3,(H,27,31). The molecule has 0 aliphatic carbocycles. The Hall–Kier alpha value is -3.12. The molecule has 0 spiro atoms. The number of aryl methyl sites for hydroxylation is 1. The van der Waals surface area contributed by atoms with Gasteiger partial charge in [0, 0.05) is 50.0 Å². The molecular formula is C26H32N4O2. The maximum absolute atomic E-state index is 12.4. The third-order valence-electron chi connectivity index (χ3n) is 5.94. The van der Waals surface area contributed by atoms with Crippen LogP contribution in [0.1, 0.15) is 24.6 Å². The summed E-state index contributed by atoms with van der Waals surface area (Å²) in [6.45, 7) is 9.39. The van der Waals surface area contributed by atoms with Crippen molar-refractivity contribution in [2.75, 3.05) is 37.6 Å². The molecule has 1 atom stereocenters. The fraction of sp³-hybridized carbons (Fsp3) is 0.385. The molecule has 1 aromatic heterocycles. The van der Waals surface area contributed by atoms with E-state index in [1.807, 2.05) is 30.3 Å². The highest BCUT2D eigenvalue weighted by Gasteiger charge is 2.18. The fourth-order valence-electron chi connectivity index (χ4n) is 4.09. The number of nitrogens with one attached hydrogen (secondary N) is 1. The molecule has 4 rings (SSSR count). The summed E-state index contributed by atoms with van der Waals surface area (Å²) in [5.41, 5.74) is 4.18. The van der Waals surface area contributed by atoms with E-state index in [0.29, 0.717) is 11.6 Å². The minimum atomic E-state index is -0.0188. The van der Waals surface area contributed by atoms with Crippen molar-refractivity contribution < 1.29 is 9.21 Å². The quantitative estimate of drug-likeness (QED) is 0.585. The highest BCUT2D eigenvalue weighted by Crippen LogP contribution is 2.19. The second-order valence-corrected chi connectivity index (χ2v) is 8.61. The van der Waals surface area contributed by atoms with Crippen LogP contribution >= 0.6 is 0 Å². The zero-order valence-corrected chi connectivity index (χ0v) is 19.0. The fourth-order valence-corrected chi connectivity index (χ4v) is 4.09. The summed E-state index contributed by atoms with van der Waals surface area (Å²) >= 11 is 0. The van der Waals surface area contributed by atoms with E-state index < -0.39 is 0 Å². The summed E-state index contributed by atoms with van der Waals surface area (Å²) in [5.74, 6) is 0.529. The van der Waals surface area contributed by atoms with Gasteiger partial charge in [0.1, 0.15) is 6.26 Å². The number of hydrogen-bond acceptors (Lipinski definition) is 5. The second kappa shape index (κ2) is 10.5. The lowest BCUT2D eigenvalue weighted by atomic mass is 10.1. The molecule has 1 aliphatic heterocycles. The lowest BCUT2D eigenvalue weighted by molar-refractivity contribution is -0.121. The van der Waals surface area contributed by atoms with Gasteiger partial charge in [-0.25, -0.2) is 4.98 Å². The van der Waals surface area contributed by atoms with Crippen molar-refractivity contribution in [3.05, 3.63) is 72.1 Å². The molecule has 1 aliphatic rings. The first-order valence-electron chi connectivity index (χ1n) is 11.4. The minimum absolute atomic E-state index is 0.0188. The molecule has 168 valence electrons. The molecule has 2 heterocycles. The number of rotatable bonds is 8. The maximum atomic E-state index is 12.4. The van der Waals surface area contributed by atoms with Crippen LogP contribution < -0.4 is 10.2 Å². The van der Waals surface area contributed by atoms with Gasteiger partial charge in [0.2, 0.25) is 11.8 Å². The number of benzene rings is 2. The number of nitrogens with zero attached hydrogens (tertiary/aromatic N) is 3. The molecule has 0 radical (unpaired) electrons. The topological polar surface area (TPSA) is 61.6 Å². The van der Waals surface area contributed by atoms with Crippen molar-refractivity contribution in [2.45, 2.75) is 32.7 Å². The Kier molecular flexibility index (Phi) is 7.22. The molecule has 3 aromatic rings. The van der Waals surface area contributed by atoms with E-state index in [4.69, 9.17) is 4.42 Å². The molecule has 1 amide bonds. The van der Waals surface area contributed by atoms with Gasteiger partial charge in [-0.1, -0.05) is 30.3 Å². The predicted octanol–water partition coefficient (Wildman–Crippen LogP) is 3.91. The Labute approximate surface area is 190 Å². The average molecular weight is 433 g/mol. The Morgan fingerprint density at radius 1 is 1.09 bits per heavy atom. The summed E-state index contributed by atoms with van der Waals surface area (Å²) in [6.07, 6.45) is 2.74. The number of amides is 1. The molecule has 0 bridgehead atoms. The SMILES string of the molecule is Cc1cccc(N2CCN(CCC(C)NC(=O)Cc3coc(-c4ccccc4)n3)CC2)c1. The number of aromatic nitrogens is 1. The zero-order chi connectivity index (χ0) is 22.3. The predicted molar refractivity (Wildman–Crippen MR) is 128 cm³/mol. The first kappa shape index (κ1) is 22.1. The largest absolute Gasteiger partial charge is 0.444 e. The van der Waals surface area contributed by atoms with Gasteiger partial charge in [0.25, 0.3) is 0 Å². The molecule has 6 heteroatoms. The molecular weight excluding hydrogens is 400 g/mol. The smallest absolute Gasteiger partial charge is 0.226 e. The van der Waals surface area contributed by atoms with E-state index in [1.165, 1.54) is 11.3 Å². The molecule has 6 nitrogen and oxygen atoms in total. The van der Waals surface area contributed by atoms with Crippen LogP contribution in [0.25, 0.3) is 11.5 Å². The van der Waals surface area contributed by atoms with E-state index in [1.54, 1.807) is 6.26 Å². The Morgan fingerprint density at radius 2 is 1.88 bits per heavy atom. The van der Waals surface area contributed by atoms with Gasteiger partial charge in [-0.2, -0.15) is 0 Å². The van der Waals surface area contributed by atoms with Crippen LogP contribution in [0, 0.1) is 6.92 Å². The minimum Gasteiger partial charge on any atom is -0.444 e. The number of piperazine rings is 1. The van der Waals surface area contributed by atoms with Crippen LogP contribution in [-0.2, 0) is 11.2 Å². The van der Waals surface area contributed by atoms with Crippen molar-refractivity contribution in [3.8, 4) is 11.5 Å². The van der Waals surface area contributed by atoms with Crippen molar-refractivity contribution in [2.24, 2.45) is 0 Å². The van der Waals surface area contributed by atoms with Gasteiger partial charge in [-0.15, -0.1) is 0 Å². The van der Waals surface area contributed by atoms with E-state index >= 15 is 0 Å². The van der Waals surface area contributed by atoms with Crippen LogP contribution in [-0.4, -0.2) is 54.6 Å². The zero-order valence-electron chi connectivity index (χ0n) is 19.0. The number of oxazole rings is 1. The van der Waals surface area contributed by atoms with Crippen LogP contribution in [0.3, 0.4) is 0 Å². The average Bonchev–Trinajstić information content (AvgIpc) is 3.27. The van der Waals surface area contributed by atoms with Gasteiger partial charge in [0.05, 0.1) is 12.1 Å². The van der Waals surface area contributed by atoms with Gasteiger partial charge in [-0.05, 0) is 50.1 Å². The molecule has 1 unspecified atom stereocenters. The van der Waals surface area contributed by atoms with Crippen molar-refractivity contribution in [1.29, 1.82) is 0 Å². The Morgan fingerprint density at radius 3 is 2.62 bits per heavy atom. The van der Waals surface area contributed by atoms with Gasteiger partial charge in [-0.3, -0.25) is 9.69 Å². The first-order chi connectivity index (χ1) is 15.6. The van der Waals surface area contributed by atoms with Crippen LogP contribution in [0.5, 0.6) is 0 Å². The maximum Gasteiger partial charge on any atom is 0.226 e. The van der Waals surface area contributed by atoms with E-state index in [2.05, 4.69) is 58.2 Å².